The quantitative estimate of drug-likeness (QED) is 0.348. The SMILES string of the molecule is O=C(CSc1nc(-c2ccccc2)[nH]c1S(=O)(=O)c1ccccc1)Nc1ccc(Cl)cc1. The summed E-state index contributed by atoms with van der Waals surface area (Å²) in [4.78, 5) is 20.0. The third-order valence-corrected chi connectivity index (χ3v) is 7.56. The number of H-pyrrole nitrogens is 1. The van der Waals surface area contributed by atoms with Crippen molar-refractivity contribution in [1.29, 1.82) is 0 Å². The highest BCUT2D eigenvalue weighted by molar-refractivity contribution is 8.00. The van der Waals surface area contributed by atoms with Gasteiger partial charge in [-0.15, -0.1) is 0 Å². The standard InChI is InChI=1S/C23H18ClN3O3S2/c24-17-11-13-18(14-12-17)25-20(28)15-31-22-23(32(29,30)19-9-5-2-6-10-19)27-21(26-22)16-7-3-1-4-8-16/h1-14H,15H2,(H,25,28)(H,26,27). The first-order valence-corrected chi connectivity index (χ1v) is 12.4. The summed E-state index contributed by atoms with van der Waals surface area (Å²) in [5.74, 6) is 0.115. The smallest absolute Gasteiger partial charge is 0.234 e. The molecule has 0 unspecified atom stereocenters. The minimum Gasteiger partial charge on any atom is -0.328 e. The molecule has 32 heavy (non-hydrogen) atoms. The topological polar surface area (TPSA) is 91.9 Å². The molecule has 0 aliphatic carbocycles. The number of aromatic nitrogens is 2. The molecule has 0 fully saturated rings. The number of thioether (sulfide) groups is 1. The summed E-state index contributed by atoms with van der Waals surface area (Å²) < 4.78 is 26.5. The summed E-state index contributed by atoms with van der Waals surface area (Å²) in [6, 6.07) is 24.1. The number of hydrogen-bond acceptors (Lipinski definition) is 5. The van der Waals surface area contributed by atoms with Crippen LogP contribution in [0.1, 0.15) is 0 Å². The predicted molar refractivity (Wildman–Crippen MR) is 127 cm³/mol. The molecule has 1 heterocycles. The van der Waals surface area contributed by atoms with Crippen LogP contribution in [0.2, 0.25) is 5.02 Å². The number of nitrogens with zero attached hydrogens (tertiary/aromatic N) is 1. The van der Waals surface area contributed by atoms with E-state index in [4.69, 9.17) is 11.6 Å². The Morgan fingerprint density at radius 2 is 1.56 bits per heavy atom. The van der Waals surface area contributed by atoms with Crippen LogP contribution < -0.4 is 5.32 Å². The number of nitrogens with one attached hydrogen (secondary N) is 2. The van der Waals surface area contributed by atoms with E-state index in [9.17, 15) is 13.2 Å². The van der Waals surface area contributed by atoms with Gasteiger partial charge in [0.2, 0.25) is 15.7 Å². The van der Waals surface area contributed by atoms with Crippen LogP contribution in [0.3, 0.4) is 0 Å². The molecule has 0 radical (unpaired) electrons. The highest BCUT2D eigenvalue weighted by Gasteiger charge is 2.26. The van der Waals surface area contributed by atoms with E-state index in [0.717, 1.165) is 17.3 Å². The van der Waals surface area contributed by atoms with Gasteiger partial charge in [-0.25, -0.2) is 13.4 Å². The van der Waals surface area contributed by atoms with Crippen LogP contribution in [0.4, 0.5) is 5.69 Å². The summed E-state index contributed by atoms with van der Waals surface area (Å²) in [5, 5.41) is 3.53. The third-order valence-electron chi connectivity index (χ3n) is 4.48. The highest BCUT2D eigenvalue weighted by atomic mass is 35.5. The maximum absolute atomic E-state index is 13.3. The average molecular weight is 484 g/mol. The van der Waals surface area contributed by atoms with Gasteiger partial charge in [-0.1, -0.05) is 71.9 Å². The number of amides is 1. The van der Waals surface area contributed by atoms with E-state index in [-0.39, 0.29) is 26.6 Å². The summed E-state index contributed by atoms with van der Waals surface area (Å²) in [5.41, 5.74) is 1.35. The van der Waals surface area contributed by atoms with Crippen molar-refractivity contribution in [2.45, 2.75) is 14.9 Å². The monoisotopic (exact) mass is 483 g/mol. The number of carbonyl (C=O) groups excluding carboxylic acids is 1. The van der Waals surface area contributed by atoms with Crippen molar-refractivity contribution in [3.05, 3.63) is 90.0 Å². The zero-order valence-electron chi connectivity index (χ0n) is 16.7. The molecule has 1 aromatic heterocycles. The number of halogens is 1. The number of benzene rings is 3. The number of aromatic amines is 1. The fourth-order valence-corrected chi connectivity index (χ4v) is 5.50. The van der Waals surface area contributed by atoms with E-state index in [0.29, 0.717) is 16.5 Å². The molecule has 6 nitrogen and oxygen atoms in total. The van der Waals surface area contributed by atoms with Gasteiger partial charge in [0.1, 0.15) is 10.9 Å². The Kier molecular flexibility index (Phi) is 6.64. The Morgan fingerprint density at radius 1 is 0.938 bits per heavy atom. The van der Waals surface area contributed by atoms with Crippen LogP contribution in [-0.4, -0.2) is 30.0 Å². The van der Waals surface area contributed by atoms with Gasteiger partial charge in [0, 0.05) is 16.3 Å². The fourth-order valence-electron chi connectivity index (χ4n) is 2.94. The number of hydrogen-bond donors (Lipinski definition) is 2. The molecule has 0 aliphatic heterocycles. The van der Waals surface area contributed by atoms with Gasteiger partial charge in [-0.05, 0) is 36.4 Å². The summed E-state index contributed by atoms with van der Waals surface area (Å²) >= 11 is 6.92. The van der Waals surface area contributed by atoms with Gasteiger partial charge in [0.25, 0.3) is 0 Å². The molecule has 162 valence electrons. The molecule has 3 aromatic carbocycles. The molecular weight excluding hydrogens is 466 g/mol. The van der Waals surface area contributed by atoms with Gasteiger partial charge < -0.3 is 10.3 Å². The number of carbonyl (C=O) groups is 1. The predicted octanol–water partition coefficient (Wildman–Crippen LogP) is 5.29. The molecule has 2 N–H and O–H groups in total. The molecule has 9 heteroatoms. The van der Waals surface area contributed by atoms with Crippen LogP contribution in [0.15, 0.2) is 99.9 Å². The first-order valence-electron chi connectivity index (χ1n) is 9.57. The third kappa shape index (κ3) is 5.04. The van der Waals surface area contributed by atoms with Crippen molar-refractivity contribution in [1.82, 2.24) is 9.97 Å². The molecule has 4 aromatic rings. The number of anilines is 1. The van der Waals surface area contributed by atoms with E-state index in [2.05, 4.69) is 15.3 Å². The zero-order chi connectivity index (χ0) is 22.6. The molecule has 0 bridgehead atoms. The Balaban J connectivity index is 1.62. The Labute approximate surface area is 195 Å². The zero-order valence-corrected chi connectivity index (χ0v) is 19.0. The van der Waals surface area contributed by atoms with Gasteiger partial charge >= 0.3 is 0 Å². The molecular formula is C23H18ClN3O3S2. The summed E-state index contributed by atoms with van der Waals surface area (Å²) in [6.45, 7) is 0. The van der Waals surface area contributed by atoms with Crippen molar-refractivity contribution in [3.63, 3.8) is 0 Å². The highest BCUT2D eigenvalue weighted by Crippen LogP contribution is 2.32. The molecule has 0 aliphatic rings. The summed E-state index contributed by atoms with van der Waals surface area (Å²) in [6.07, 6.45) is 0. The molecule has 4 rings (SSSR count). The Bertz CT molecular complexity index is 1320. The molecule has 1 amide bonds. The molecule has 0 spiro atoms. The van der Waals surface area contributed by atoms with Gasteiger partial charge in [0.15, 0.2) is 5.03 Å². The van der Waals surface area contributed by atoms with Crippen molar-refractivity contribution < 1.29 is 13.2 Å². The van der Waals surface area contributed by atoms with Crippen molar-refractivity contribution in [2.75, 3.05) is 11.1 Å². The van der Waals surface area contributed by atoms with Crippen LogP contribution in [-0.2, 0) is 14.6 Å². The normalized spacial score (nSPS) is 11.3. The van der Waals surface area contributed by atoms with E-state index >= 15 is 0 Å². The van der Waals surface area contributed by atoms with Crippen molar-refractivity contribution in [3.8, 4) is 11.4 Å². The lowest BCUT2D eigenvalue weighted by Crippen LogP contribution is -2.14. The minimum atomic E-state index is -3.85. The van der Waals surface area contributed by atoms with Crippen LogP contribution in [0.5, 0.6) is 0 Å². The summed E-state index contributed by atoms with van der Waals surface area (Å²) in [7, 11) is -3.85. The maximum atomic E-state index is 13.3. The van der Waals surface area contributed by atoms with Gasteiger partial charge in [-0.2, -0.15) is 0 Å². The van der Waals surface area contributed by atoms with E-state index < -0.39 is 9.84 Å². The molecule has 0 saturated heterocycles. The van der Waals surface area contributed by atoms with Gasteiger partial charge in [0.05, 0.1) is 10.6 Å². The van der Waals surface area contributed by atoms with Crippen molar-refractivity contribution in [2.24, 2.45) is 0 Å². The van der Waals surface area contributed by atoms with Crippen LogP contribution >= 0.6 is 23.4 Å². The lowest BCUT2D eigenvalue weighted by atomic mass is 10.2. The minimum absolute atomic E-state index is 0.0149. The van der Waals surface area contributed by atoms with E-state index in [1.54, 1.807) is 42.5 Å². The van der Waals surface area contributed by atoms with Crippen molar-refractivity contribution >= 4 is 44.8 Å². The second-order valence-electron chi connectivity index (χ2n) is 6.75. The maximum Gasteiger partial charge on any atom is 0.234 e. The lowest BCUT2D eigenvalue weighted by molar-refractivity contribution is -0.113. The van der Waals surface area contributed by atoms with E-state index in [1.165, 1.54) is 12.1 Å². The first kappa shape index (κ1) is 22.1. The second kappa shape index (κ2) is 9.60. The number of imidazole rings is 1. The van der Waals surface area contributed by atoms with Crippen LogP contribution in [0, 0.1) is 0 Å². The largest absolute Gasteiger partial charge is 0.328 e. The number of sulfone groups is 1. The Hall–Kier alpha value is -3.07. The Morgan fingerprint density at radius 3 is 2.22 bits per heavy atom. The lowest BCUT2D eigenvalue weighted by Gasteiger charge is -2.06. The molecule has 0 atom stereocenters. The second-order valence-corrected chi connectivity index (χ2v) is 10.0. The molecule has 0 saturated carbocycles. The number of rotatable bonds is 7. The first-order chi connectivity index (χ1) is 15.4. The van der Waals surface area contributed by atoms with Crippen LogP contribution in [0.25, 0.3) is 11.4 Å². The average Bonchev–Trinajstić information content (AvgIpc) is 3.26. The fraction of sp³-hybridized carbons (Fsp3) is 0.0435. The van der Waals surface area contributed by atoms with Gasteiger partial charge in [-0.3, -0.25) is 4.79 Å². The van der Waals surface area contributed by atoms with E-state index in [1.807, 2.05) is 30.3 Å².